The van der Waals surface area contributed by atoms with E-state index in [1.165, 1.54) is 12.4 Å². The van der Waals surface area contributed by atoms with Gasteiger partial charge >= 0.3 is 6.55 Å². The van der Waals surface area contributed by atoms with Crippen LogP contribution >= 0.6 is 24.0 Å². The van der Waals surface area contributed by atoms with Gasteiger partial charge in [-0.15, -0.1) is 24.0 Å². The lowest BCUT2D eigenvalue weighted by Crippen LogP contribution is -2.41. The van der Waals surface area contributed by atoms with E-state index >= 15 is 0 Å². The number of nitrogens with one attached hydrogen (secondary N) is 2. The van der Waals surface area contributed by atoms with Crippen molar-refractivity contribution in [3.8, 4) is 5.75 Å². The van der Waals surface area contributed by atoms with Crippen molar-refractivity contribution >= 4 is 29.9 Å². The van der Waals surface area contributed by atoms with Crippen molar-refractivity contribution in [2.75, 3.05) is 13.6 Å². The van der Waals surface area contributed by atoms with Crippen molar-refractivity contribution in [2.45, 2.75) is 33.0 Å². The monoisotopic (exact) mass is 479 g/mol. The summed E-state index contributed by atoms with van der Waals surface area (Å²) in [6.07, 6.45) is 2.50. The first-order valence-corrected chi connectivity index (χ1v) is 7.97. The van der Waals surface area contributed by atoms with E-state index in [1.54, 1.807) is 7.05 Å². The Bertz CT molecular complexity index is 708. The predicted octanol–water partition coefficient (Wildman–Crippen LogP) is 3.34. The number of alkyl halides is 2. The first-order chi connectivity index (χ1) is 12.0. The molecule has 6 nitrogen and oxygen atoms in total. The van der Waals surface area contributed by atoms with Crippen molar-refractivity contribution in [2.24, 2.45) is 4.99 Å². The van der Waals surface area contributed by atoms with Crippen molar-refractivity contribution in [3.63, 3.8) is 0 Å². The molecule has 1 aromatic carbocycles. The molecule has 1 unspecified atom stereocenters. The Morgan fingerprint density at radius 3 is 2.77 bits per heavy atom. The van der Waals surface area contributed by atoms with Gasteiger partial charge in [0.15, 0.2) is 5.96 Å². The van der Waals surface area contributed by atoms with Gasteiger partial charge in [0.2, 0.25) is 0 Å². The normalized spacial score (nSPS) is 12.5. The van der Waals surface area contributed by atoms with Crippen LogP contribution in [-0.4, -0.2) is 35.2 Å². The lowest BCUT2D eigenvalue weighted by Gasteiger charge is -2.18. The third kappa shape index (κ3) is 6.77. The van der Waals surface area contributed by atoms with Crippen LogP contribution in [0.3, 0.4) is 0 Å². The van der Waals surface area contributed by atoms with Crippen molar-refractivity contribution in [1.29, 1.82) is 0 Å². The molecule has 0 spiro atoms. The van der Waals surface area contributed by atoms with E-state index in [1.807, 2.05) is 38.1 Å². The molecule has 9 heteroatoms. The van der Waals surface area contributed by atoms with E-state index in [0.29, 0.717) is 12.5 Å². The van der Waals surface area contributed by atoms with E-state index in [-0.39, 0.29) is 42.4 Å². The molecule has 0 bridgehead atoms. The fraction of sp³-hybridized carbons (Fsp3) is 0.412. The van der Waals surface area contributed by atoms with Crippen LogP contribution in [0.25, 0.3) is 0 Å². The zero-order valence-electron chi connectivity index (χ0n) is 14.9. The summed E-state index contributed by atoms with van der Waals surface area (Å²) in [4.78, 5) is 7.99. The Morgan fingerprint density at radius 2 is 2.12 bits per heavy atom. The fourth-order valence-electron chi connectivity index (χ4n) is 2.24. The van der Waals surface area contributed by atoms with Crippen LogP contribution in [0.4, 0.5) is 8.78 Å². The maximum atomic E-state index is 12.8. The molecule has 0 aliphatic rings. The van der Waals surface area contributed by atoms with Crippen LogP contribution in [0.5, 0.6) is 5.75 Å². The van der Waals surface area contributed by atoms with E-state index in [4.69, 9.17) is 4.74 Å². The second-order valence-corrected chi connectivity index (χ2v) is 5.58. The quantitative estimate of drug-likeness (QED) is 0.364. The summed E-state index contributed by atoms with van der Waals surface area (Å²) in [5.41, 5.74) is 1.13. The molecular weight excluding hydrogens is 455 g/mol. The highest BCUT2D eigenvalue weighted by atomic mass is 127. The second-order valence-electron chi connectivity index (χ2n) is 5.58. The molecule has 26 heavy (non-hydrogen) atoms. The van der Waals surface area contributed by atoms with E-state index < -0.39 is 6.55 Å². The average molecular weight is 479 g/mol. The number of imidazole rings is 1. The van der Waals surface area contributed by atoms with Crippen LogP contribution in [0, 0.1) is 6.92 Å². The topological polar surface area (TPSA) is 63.5 Å². The molecule has 0 aliphatic heterocycles. The molecule has 1 heterocycles. The highest BCUT2D eigenvalue weighted by Gasteiger charge is 2.12. The number of halogens is 3. The van der Waals surface area contributed by atoms with Gasteiger partial charge in [-0.05, 0) is 31.5 Å². The Hall–Kier alpha value is -1.91. The summed E-state index contributed by atoms with van der Waals surface area (Å²) >= 11 is 0. The molecule has 1 aromatic heterocycles. The summed E-state index contributed by atoms with van der Waals surface area (Å²) in [7, 11) is 1.61. The Balaban J connectivity index is 0.00000338. The molecule has 0 fully saturated rings. The van der Waals surface area contributed by atoms with Gasteiger partial charge in [0, 0.05) is 19.4 Å². The van der Waals surface area contributed by atoms with Crippen LogP contribution in [0.15, 0.2) is 41.7 Å². The van der Waals surface area contributed by atoms with E-state index in [9.17, 15) is 8.78 Å². The molecule has 144 valence electrons. The number of hydrogen-bond donors (Lipinski definition) is 2. The van der Waals surface area contributed by atoms with Crippen LogP contribution in [-0.2, 0) is 6.54 Å². The highest BCUT2D eigenvalue weighted by molar-refractivity contribution is 14.0. The van der Waals surface area contributed by atoms with Gasteiger partial charge in [-0.3, -0.25) is 9.56 Å². The molecule has 2 rings (SSSR count). The predicted molar refractivity (Wildman–Crippen MR) is 108 cm³/mol. The number of ether oxygens (including phenoxy) is 1. The summed E-state index contributed by atoms with van der Waals surface area (Å²) < 4.78 is 32.2. The molecular formula is C17H24F2IN5O. The first kappa shape index (κ1) is 22.1. The Labute approximate surface area is 169 Å². The number of aromatic nitrogens is 2. The van der Waals surface area contributed by atoms with E-state index in [0.717, 1.165) is 15.9 Å². The van der Waals surface area contributed by atoms with Gasteiger partial charge in [-0.1, -0.05) is 12.1 Å². The third-order valence-corrected chi connectivity index (χ3v) is 3.48. The SMILES string of the molecule is CN=C(NCc1nccn1C(F)F)NCC(C)Oc1cccc(C)c1.I. The zero-order chi connectivity index (χ0) is 18.2. The number of aliphatic imine (C=N–C) groups is 1. The fourth-order valence-corrected chi connectivity index (χ4v) is 2.24. The van der Waals surface area contributed by atoms with Crippen LogP contribution in [0.1, 0.15) is 24.9 Å². The first-order valence-electron chi connectivity index (χ1n) is 7.97. The largest absolute Gasteiger partial charge is 0.489 e. The van der Waals surface area contributed by atoms with Crippen molar-refractivity contribution in [3.05, 3.63) is 48.0 Å². The number of benzene rings is 1. The highest BCUT2D eigenvalue weighted by Crippen LogP contribution is 2.14. The zero-order valence-corrected chi connectivity index (χ0v) is 17.3. The molecule has 0 aliphatic carbocycles. The summed E-state index contributed by atoms with van der Waals surface area (Å²) in [6, 6.07) is 7.82. The molecule has 0 radical (unpaired) electrons. The molecule has 0 amide bonds. The van der Waals surface area contributed by atoms with E-state index in [2.05, 4.69) is 20.6 Å². The third-order valence-electron chi connectivity index (χ3n) is 3.48. The minimum Gasteiger partial charge on any atom is -0.489 e. The molecule has 0 saturated carbocycles. The number of aryl methyl sites for hydroxylation is 1. The van der Waals surface area contributed by atoms with Gasteiger partial charge in [0.05, 0.1) is 13.1 Å². The molecule has 2 N–H and O–H groups in total. The molecule has 0 saturated heterocycles. The standard InChI is InChI=1S/C17H23F2N5O.HI/c1-12-5-4-6-14(9-12)25-13(2)10-22-17(20-3)23-11-15-21-7-8-24(15)16(18)19;/h4-9,13,16H,10-11H2,1-3H3,(H2,20,22,23);1H. The maximum absolute atomic E-state index is 12.8. The van der Waals surface area contributed by atoms with Gasteiger partial charge in [-0.25, -0.2) is 4.98 Å². The van der Waals surface area contributed by atoms with Gasteiger partial charge < -0.3 is 15.4 Å². The molecule has 2 aromatic rings. The minimum atomic E-state index is -2.61. The van der Waals surface area contributed by atoms with Gasteiger partial charge in [-0.2, -0.15) is 8.78 Å². The van der Waals surface area contributed by atoms with Crippen LogP contribution < -0.4 is 15.4 Å². The summed E-state index contributed by atoms with van der Waals surface area (Å²) in [6.45, 7) is 1.98. The minimum absolute atomic E-state index is 0. The average Bonchev–Trinajstić information content (AvgIpc) is 3.04. The number of rotatable bonds is 7. The number of hydrogen-bond acceptors (Lipinski definition) is 3. The maximum Gasteiger partial charge on any atom is 0.319 e. The van der Waals surface area contributed by atoms with Crippen LogP contribution in [0.2, 0.25) is 0 Å². The lowest BCUT2D eigenvalue weighted by atomic mass is 10.2. The number of guanidine groups is 1. The van der Waals surface area contributed by atoms with Crippen molar-refractivity contribution < 1.29 is 13.5 Å². The van der Waals surface area contributed by atoms with Gasteiger partial charge in [0.25, 0.3) is 0 Å². The molecule has 1 atom stereocenters. The smallest absolute Gasteiger partial charge is 0.319 e. The second kappa shape index (κ2) is 10.9. The lowest BCUT2D eigenvalue weighted by molar-refractivity contribution is 0.0668. The Kier molecular flexibility index (Phi) is 9.31. The Morgan fingerprint density at radius 1 is 1.35 bits per heavy atom. The summed E-state index contributed by atoms with van der Waals surface area (Å²) in [5, 5.41) is 6.07. The summed E-state index contributed by atoms with van der Waals surface area (Å²) in [5.74, 6) is 1.53. The van der Waals surface area contributed by atoms with Gasteiger partial charge in [0.1, 0.15) is 17.7 Å². The van der Waals surface area contributed by atoms with Crippen molar-refractivity contribution in [1.82, 2.24) is 20.2 Å². The number of nitrogens with zero attached hydrogens (tertiary/aromatic N) is 3.